The molecule has 1 heterocycles. The van der Waals surface area contributed by atoms with Gasteiger partial charge < -0.3 is 19.1 Å². The Morgan fingerprint density at radius 3 is 2.65 bits per heavy atom. The molecule has 5 unspecified atom stereocenters. The lowest BCUT2D eigenvalue weighted by Gasteiger charge is -2.42. The lowest BCUT2D eigenvalue weighted by molar-refractivity contribution is 0.0378. The summed E-state index contributed by atoms with van der Waals surface area (Å²) in [5.74, 6) is 0.739. The van der Waals surface area contributed by atoms with Crippen LogP contribution in [0, 0.1) is 12.5 Å². The van der Waals surface area contributed by atoms with Gasteiger partial charge in [-0.15, -0.1) is 0 Å². The van der Waals surface area contributed by atoms with E-state index in [-0.39, 0.29) is 18.0 Å². The minimum Gasteiger partial charge on any atom is -0.463 e. The molecule has 2 saturated carbocycles. The predicted octanol–water partition coefficient (Wildman–Crippen LogP) is 7.32. The van der Waals surface area contributed by atoms with Gasteiger partial charge in [0.15, 0.2) is 0 Å². The van der Waals surface area contributed by atoms with Gasteiger partial charge in [-0.3, -0.25) is 0 Å². The predicted molar refractivity (Wildman–Crippen MR) is 156 cm³/mol. The largest absolute Gasteiger partial charge is 0.463 e. The molecule has 0 saturated heterocycles. The molecule has 2 aromatic rings. The molecule has 6 nitrogen and oxygen atoms in total. The van der Waals surface area contributed by atoms with Crippen LogP contribution in [0.1, 0.15) is 103 Å². The van der Waals surface area contributed by atoms with Crippen LogP contribution in [0.5, 0.6) is 0 Å². The third-order valence-electron chi connectivity index (χ3n) is 10.00. The van der Waals surface area contributed by atoms with Crippen molar-refractivity contribution >= 4 is 17.3 Å². The second-order valence-corrected chi connectivity index (χ2v) is 12.0. The highest BCUT2D eigenvalue weighted by atomic mass is 16.5. The highest BCUT2D eigenvalue weighted by Crippen LogP contribution is 2.59. The van der Waals surface area contributed by atoms with Gasteiger partial charge in [-0.2, -0.15) is 0 Å². The van der Waals surface area contributed by atoms with Gasteiger partial charge in [0.25, 0.3) is 0 Å². The lowest BCUT2D eigenvalue weighted by atomic mass is 9.65. The Labute approximate surface area is 238 Å². The van der Waals surface area contributed by atoms with Gasteiger partial charge in [0.05, 0.1) is 38.1 Å². The fourth-order valence-corrected chi connectivity index (χ4v) is 8.34. The number of rotatable bonds is 8. The number of anilines is 1. The summed E-state index contributed by atoms with van der Waals surface area (Å²) in [6, 6.07) is 10.7. The molecule has 0 radical (unpaired) electrons. The zero-order valence-corrected chi connectivity index (χ0v) is 24.0. The van der Waals surface area contributed by atoms with Crippen LogP contribution in [0.15, 0.2) is 30.3 Å². The first kappa shape index (κ1) is 27.3. The fraction of sp³-hybridized carbons (Fsp3) is 0.588. The van der Waals surface area contributed by atoms with Crippen molar-refractivity contribution in [3.63, 3.8) is 0 Å². The molecule has 6 heteroatoms. The van der Waals surface area contributed by atoms with Crippen molar-refractivity contribution in [2.75, 3.05) is 31.8 Å². The second-order valence-electron chi connectivity index (χ2n) is 12.0. The molecule has 40 heavy (non-hydrogen) atoms. The Morgan fingerprint density at radius 2 is 1.88 bits per heavy atom. The number of nitrogens with zero attached hydrogens (tertiary/aromatic N) is 2. The number of fused-ring (bicyclic) bond motifs is 7. The van der Waals surface area contributed by atoms with Crippen molar-refractivity contribution in [2.45, 2.75) is 95.3 Å². The van der Waals surface area contributed by atoms with Gasteiger partial charge in [0.2, 0.25) is 5.69 Å². The third-order valence-corrected chi connectivity index (χ3v) is 10.00. The quantitative estimate of drug-likeness (QED) is 0.199. The van der Waals surface area contributed by atoms with Crippen molar-refractivity contribution in [2.24, 2.45) is 5.92 Å². The molecule has 0 N–H and O–H groups in total. The van der Waals surface area contributed by atoms with E-state index in [1.165, 1.54) is 29.7 Å². The summed E-state index contributed by atoms with van der Waals surface area (Å²) >= 11 is 0. The minimum atomic E-state index is -0.306. The monoisotopic (exact) mass is 542 g/mol. The highest BCUT2D eigenvalue weighted by molar-refractivity contribution is 6.02. The van der Waals surface area contributed by atoms with Crippen molar-refractivity contribution in [1.29, 1.82) is 0 Å². The van der Waals surface area contributed by atoms with Crippen LogP contribution in [0.4, 0.5) is 11.4 Å². The summed E-state index contributed by atoms with van der Waals surface area (Å²) in [6.45, 7) is 12.6. The molecule has 0 aromatic heterocycles. The molecule has 3 aliphatic carbocycles. The summed E-state index contributed by atoms with van der Waals surface area (Å²) < 4.78 is 17.6. The van der Waals surface area contributed by atoms with Crippen LogP contribution >= 0.6 is 0 Å². The van der Waals surface area contributed by atoms with Crippen molar-refractivity contribution < 1.29 is 19.0 Å². The molecule has 0 bridgehead atoms. The van der Waals surface area contributed by atoms with Crippen LogP contribution in [-0.2, 0) is 27.2 Å². The lowest BCUT2D eigenvalue weighted by Crippen LogP contribution is -2.39. The van der Waals surface area contributed by atoms with Gasteiger partial charge >= 0.3 is 5.97 Å². The van der Waals surface area contributed by atoms with Crippen LogP contribution in [0.3, 0.4) is 0 Å². The topological polar surface area (TPSA) is 52.4 Å². The van der Waals surface area contributed by atoms with Crippen molar-refractivity contribution in [1.82, 2.24) is 0 Å². The number of esters is 1. The van der Waals surface area contributed by atoms with E-state index in [9.17, 15) is 4.79 Å². The van der Waals surface area contributed by atoms with E-state index < -0.39 is 0 Å². The van der Waals surface area contributed by atoms with Gasteiger partial charge in [-0.25, -0.2) is 9.64 Å². The van der Waals surface area contributed by atoms with E-state index in [4.69, 9.17) is 20.8 Å². The van der Waals surface area contributed by atoms with Crippen LogP contribution in [-0.4, -0.2) is 45.0 Å². The highest BCUT2D eigenvalue weighted by Gasteiger charge is 2.48. The van der Waals surface area contributed by atoms with Gasteiger partial charge in [0.1, 0.15) is 0 Å². The third kappa shape index (κ3) is 4.82. The van der Waals surface area contributed by atoms with Gasteiger partial charge in [0, 0.05) is 25.4 Å². The van der Waals surface area contributed by atoms with Gasteiger partial charge in [-0.05, 0) is 91.9 Å². The summed E-state index contributed by atoms with van der Waals surface area (Å²) in [6.07, 6.45) is 9.92. The molecule has 1 aliphatic heterocycles. The maximum Gasteiger partial charge on any atom is 0.327 e. The summed E-state index contributed by atoms with van der Waals surface area (Å²) in [7, 11) is 1.81. The fourth-order valence-electron chi connectivity index (χ4n) is 8.34. The molecule has 5 atom stereocenters. The number of carbonyl (C=O) groups is 1. The molecule has 0 amide bonds. The van der Waals surface area contributed by atoms with Gasteiger partial charge in [-0.1, -0.05) is 43.2 Å². The molecule has 2 aromatic carbocycles. The SMILES string of the molecule is [C-]#[N+]c1c(C(=O)OCC)c2c(c3c1C1CCCCC1N3CCOCc1ccccc1)CCC1CC(OC)CCC21. The van der Waals surface area contributed by atoms with Crippen molar-refractivity contribution in [3.05, 3.63) is 69.6 Å². The number of hydrogen-bond acceptors (Lipinski definition) is 5. The van der Waals surface area contributed by atoms with E-state index >= 15 is 0 Å². The number of carbonyl (C=O) groups excluding carboxylic acids is 1. The first-order valence-corrected chi connectivity index (χ1v) is 15.3. The zero-order chi connectivity index (χ0) is 27.6. The molecular formula is C34H42N2O4. The summed E-state index contributed by atoms with van der Waals surface area (Å²) in [4.78, 5) is 20.4. The first-order valence-electron chi connectivity index (χ1n) is 15.3. The average Bonchev–Trinajstić information content (AvgIpc) is 3.33. The number of ether oxygens (including phenoxy) is 3. The second kappa shape index (κ2) is 11.9. The van der Waals surface area contributed by atoms with E-state index in [1.54, 1.807) is 0 Å². The number of benzene rings is 2. The Bertz CT molecular complexity index is 1270. The minimum absolute atomic E-state index is 0.277. The molecule has 2 fully saturated rings. The molecule has 212 valence electrons. The smallest absolute Gasteiger partial charge is 0.327 e. The Morgan fingerprint density at radius 1 is 1.05 bits per heavy atom. The maximum atomic E-state index is 13.7. The molecular weight excluding hydrogens is 500 g/mol. The number of hydrogen-bond donors (Lipinski definition) is 0. The Kier molecular flexibility index (Phi) is 8.14. The molecule has 4 aliphatic rings. The normalized spacial score (nSPS) is 26.7. The van der Waals surface area contributed by atoms with Crippen molar-refractivity contribution in [3.8, 4) is 0 Å². The summed E-state index contributed by atoms with van der Waals surface area (Å²) in [5.41, 5.74) is 7.19. The number of methoxy groups -OCH3 is 1. The zero-order valence-electron chi connectivity index (χ0n) is 24.0. The standard InChI is InChI=1S/C34H42N2O4/c1-4-40-34(37)31-29-25-17-15-24(38-3)20-23(25)14-16-27(29)33-30(32(31)35-2)26-12-8-9-13-28(26)36(33)18-19-39-21-22-10-6-5-7-11-22/h5-7,10-11,23-26,28H,4,8-9,12-21H2,1,3H3. The summed E-state index contributed by atoms with van der Waals surface area (Å²) in [5, 5.41) is 0. The Balaban J connectivity index is 1.42. The van der Waals surface area contributed by atoms with E-state index in [2.05, 4.69) is 34.0 Å². The first-order chi connectivity index (χ1) is 19.7. The average molecular weight is 543 g/mol. The molecule has 6 rings (SSSR count). The van der Waals surface area contributed by atoms with E-state index in [0.29, 0.717) is 48.9 Å². The van der Waals surface area contributed by atoms with E-state index in [1.807, 2.05) is 20.1 Å². The van der Waals surface area contributed by atoms with Crippen LogP contribution in [0.2, 0.25) is 0 Å². The molecule has 0 spiro atoms. The van der Waals surface area contributed by atoms with Crippen LogP contribution in [0.25, 0.3) is 4.85 Å². The Hall–Kier alpha value is -2.88. The van der Waals surface area contributed by atoms with Crippen LogP contribution < -0.4 is 4.90 Å². The van der Waals surface area contributed by atoms with E-state index in [0.717, 1.165) is 62.6 Å². The maximum absolute atomic E-state index is 13.7.